The lowest BCUT2D eigenvalue weighted by Gasteiger charge is -2.31. The van der Waals surface area contributed by atoms with E-state index in [1.54, 1.807) is 11.8 Å². The topological polar surface area (TPSA) is 67.9 Å². The smallest absolute Gasteiger partial charge is 0.411 e. The molecule has 132 valence electrons. The van der Waals surface area contributed by atoms with E-state index in [1.165, 1.54) is 0 Å². The van der Waals surface area contributed by atoms with Gasteiger partial charge in [0.1, 0.15) is 11.6 Å². The molecule has 2 amide bonds. The predicted molar refractivity (Wildman–Crippen MR) is 87.1 cm³/mol. The third kappa shape index (κ3) is 5.68. The van der Waals surface area contributed by atoms with Crippen LogP contribution in [0.4, 0.5) is 4.79 Å². The van der Waals surface area contributed by atoms with Crippen molar-refractivity contribution < 1.29 is 19.1 Å². The molecule has 6 heteroatoms. The molecule has 2 aliphatic rings. The van der Waals surface area contributed by atoms with Gasteiger partial charge in [0.2, 0.25) is 5.91 Å². The van der Waals surface area contributed by atoms with Crippen LogP contribution in [-0.2, 0) is 14.3 Å². The minimum atomic E-state index is -0.556. The number of nitrogens with one attached hydrogen (secondary N) is 1. The highest BCUT2D eigenvalue weighted by Gasteiger charge is 2.40. The van der Waals surface area contributed by atoms with Crippen molar-refractivity contribution in [2.24, 2.45) is 5.92 Å². The number of hydrogen-bond donors (Lipinski definition) is 1. The minimum absolute atomic E-state index is 0.117. The van der Waals surface area contributed by atoms with Gasteiger partial charge in [-0.25, -0.2) is 4.79 Å². The zero-order valence-corrected chi connectivity index (χ0v) is 14.8. The van der Waals surface area contributed by atoms with Gasteiger partial charge < -0.3 is 14.8 Å². The lowest BCUT2D eigenvalue weighted by molar-refractivity contribution is -0.126. The van der Waals surface area contributed by atoms with Crippen molar-refractivity contribution >= 4 is 12.0 Å². The molecule has 1 saturated heterocycles. The monoisotopic (exact) mass is 326 g/mol. The van der Waals surface area contributed by atoms with E-state index in [9.17, 15) is 9.59 Å². The maximum atomic E-state index is 12.4. The van der Waals surface area contributed by atoms with Crippen molar-refractivity contribution in [2.45, 2.75) is 71.1 Å². The van der Waals surface area contributed by atoms with Crippen molar-refractivity contribution in [1.29, 1.82) is 0 Å². The third-order valence-corrected chi connectivity index (χ3v) is 4.16. The second-order valence-corrected chi connectivity index (χ2v) is 7.62. The molecule has 0 radical (unpaired) electrons. The molecule has 1 aliphatic carbocycles. The van der Waals surface area contributed by atoms with E-state index in [1.807, 2.05) is 20.8 Å². The summed E-state index contributed by atoms with van der Waals surface area (Å²) in [5, 5.41) is 2.96. The van der Waals surface area contributed by atoms with E-state index >= 15 is 0 Å². The number of ether oxygens (including phenoxy) is 2. The standard InChI is InChI=1S/C17H30N2O4/c1-12(15(20)18-10-13-6-5-9-22-11-13)19(14-7-8-14)16(21)23-17(2,3)4/h12-14H,5-11H2,1-4H3,(H,18,20)/t12-,13-/m0/s1. The van der Waals surface area contributed by atoms with Gasteiger partial charge in [0.05, 0.1) is 6.61 Å². The Bertz CT molecular complexity index is 423. The van der Waals surface area contributed by atoms with Crippen LogP contribution in [0.5, 0.6) is 0 Å². The second-order valence-electron chi connectivity index (χ2n) is 7.62. The van der Waals surface area contributed by atoms with Crippen molar-refractivity contribution in [1.82, 2.24) is 10.2 Å². The molecule has 0 aromatic heterocycles. The molecule has 1 N–H and O–H groups in total. The van der Waals surface area contributed by atoms with Gasteiger partial charge >= 0.3 is 6.09 Å². The molecular formula is C17H30N2O4. The van der Waals surface area contributed by atoms with Gasteiger partial charge in [-0.2, -0.15) is 0 Å². The third-order valence-electron chi connectivity index (χ3n) is 4.16. The fourth-order valence-electron chi connectivity index (χ4n) is 2.78. The Kier molecular flexibility index (Phi) is 5.89. The molecule has 2 rings (SSSR count). The fraction of sp³-hybridized carbons (Fsp3) is 0.882. The Hall–Kier alpha value is -1.30. The number of nitrogens with zero attached hydrogens (tertiary/aromatic N) is 1. The Labute approximate surface area is 138 Å². The van der Waals surface area contributed by atoms with E-state index in [-0.39, 0.29) is 11.9 Å². The maximum absolute atomic E-state index is 12.4. The van der Waals surface area contributed by atoms with E-state index in [0.29, 0.717) is 19.1 Å². The molecule has 0 aromatic rings. The molecule has 0 aromatic carbocycles. The average Bonchev–Trinajstić information content (AvgIpc) is 3.28. The summed E-state index contributed by atoms with van der Waals surface area (Å²) < 4.78 is 10.9. The first-order valence-electron chi connectivity index (χ1n) is 8.64. The zero-order valence-electron chi connectivity index (χ0n) is 14.8. The molecule has 1 saturated carbocycles. The average molecular weight is 326 g/mol. The van der Waals surface area contributed by atoms with Crippen LogP contribution in [0.15, 0.2) is 0 Å². The van der Waals surface area contributed by atoms with Crippen LogP contribution in [0.1, 0.15) is 53.4 Å². The Balaban J connectivity index is 1.87. The Morgan fingerprint density at radius 3 is 2.52 bits per heavy atom. The van der Waals surface area contributed by atoms with Crippen LogP contribution in [0.3, 0.4) is 0 Å². The van der Waals surface area contributed by atoms with Crippen molar-refractivity contribution in [3.8, 4) is 0 Å². The van der Waals surface area contributed by atoms with Crippen molar-refractivity contribution in [2.75, 3.05) is 19.8 Å². The van der Waals surface area contributed by atoms with Gasteiger partial charge in [-0.3, -0.25) is 9.69 Å². The first-order valence-corrected chi connectivity index (χ1v) is 8.64. The molecular weight excluding hydrogens is 296 g/mol. The van der Waals surface area contributed by atoms with Crippen LogP contribution >= 0.6 is 0 Å². The van der Waals surface area contributed by atoms with Gasteiger partial charge in [-0.05, 0) is 59.3 Å². The predicted octanol–water partition coefficient (Wildman–Crippen LogP) is 2.32. The van der Waals surface area contributed by atoms with Crippen molar-refractivity contribution in [3.63, 3.8) is 0 Å². The summed E-state index contributed by atoms with van der Waals surface area (Å²) in [6, 6.07) is -0.384. The molecule has 2 fully saturated rings. The molecule has 1 heterocycles. The molecule has 0 spiro atoms. The summed E-state index contributed by atoms with van der Waals surface area (Å²) >= 11 is 0. The molecule has 0 unspecified atom stereocenters. The van der Waals surface area contributed by atoms with Gasteiger partial charge in [0.15, 0.2) is 0 Å². The van der Waals surface area contributed by atoms with Gasteiger partial charge in [-0.1, -0.05) is 0 Å². The molecule has 2 atom stereocenters. The number of amides is 2. The summed E-state index contributed by atoms with van der Waals surface area (Å²) in [5.74, 6) is 0.254. The number of carbonyl (C=O) groups is 2. The van der Waals surface area contributed by atoms with Crippen LogP contribution in [0.25, 0.3) is 0 Å². The van der Waals surface area contributed by atoms with Crippen molar-refractivity contribution in [3.05, 3.63) is 0 Å². The lowest BCUT2D eigenvalue weighted by atomic mass is 10.0. The number of hydrogen-bond acceptors (Lipinski definition) is 4. The van der Waals surface area contributed by atoms with Crippen LogP contribution < -0.4 is 5.32 Å². The van der Waals surface area contributed by atoms with Crippen LogP contribution in [-0.4, -0.2) is 54.3 Å². The fourth-order valence-corrected chi connectivity index (χ4v) is 2.78. The maximum Gasteiger partial charge on any atom is 0.411 e. The van der Waals surface area contributed by atoms with E-state index in [4.69, 9.17) is 9.47 Å². The van der Waals surface area contributed by atoms with E-state index in [2.05, 4.69) is 5.32 Å². The van der Waals surface area contributed by atoms with Crippen LogP contribution in [0, 0.1) is 5.92 Å². The van der Waals surface area contributed by atoms with Gasteiger partial charge in [0, 0.05) is 19.2 Å². The lowest BCUT2D eigenvalue weighted by Crippen LogP contribution is -2.51. The summed E-state index contributed by atoms with van der Waals surface area (Å²) in [6.07, 6.45) is 3.60. The molecule has 0 bridgehead atoms. The van der Waals surface area contributed by atoms with Gasteiger partial charge in [-0.15, -0.1) is 0 Å². The van der Waals surface area contributed by atoms with E-state index in [0.717, 1.165) is 32.3 Å². The molecule has 1 aliphatic heterocycles. The highest BCUT2D eigenvalue weighted by molar-refractivity contribution is 5.85. The summed E-state index contributed by atoms with van der Waals surface area (Å²) in [6.45, 7) is 9.41. The zero-order chi connectivity index (χ0) is 17.0. The largest absolute Gasteiger partial charge is 0.444 e. The molecule has 23 heavy (non-hydrogen) atoms. The highest BCUT2D eigenvalue weighted by atomic mass is 16.6. The van der Waals surface area contributed by atoms with Crippen LogP contribution in [0.2, 0.25) is 0 Å². The highest BCUT2D eigenvalue weighted by Crippen LogP contribution is 2.30. The second kappa shape index (κ2) is 7.51. The number of carbonyl (C=O) groups excluding carboxylic acids is 2. The Morgan fingerprint density at radius 1 is 1.30 bits per heavy atom. The first kappa shape index (κ1) is 18.0. The Morgan fingerprint density at radius 2 is 2.00 bits per heavy atom. The first-order chi connectivity index (χ1) is 10.8. The van der Waals surface area contributed by atoms with Gasteiger partial charge in [0.25, 0.3) is 0 Å². The quantitative estimate of drug-likeness (QED) is 0.842. The summed E-state index contributed by atoms with van der Waals surface area (Å²) in [4.78, 5) is 26.4. The molecule has 6 nitrogen and oxygen atoms in total. The normalized spacial score (nSPS) is 23.0. The SMILES string of the molecule is C[C@@H](C(=O)NC[C@@H]1CCCOC1)N(C(=O)OC(C)(C)C)C1CC1. The number of rotatable bonds is 5. The summed E-state index contributed by atoms with van der Waals surface area (Å²) in [5.41, 5.74) is -0.556. The minimum Gasteiger partial charge on any atom is -0.444 e. The van der Waals surface area contributed by atoms with E-state index < -0.39 is 17.7 Å². The summed E-state index contributed by atoms with van der Waals surface area (Å²) in [7, 11) is 0.